The van der Waals surface area contributed by atoms with Crippen LogP contribution in [0.3, 0.4) is 0 Å². The second-order valence-corrected chi connectivity index (χ2v) is 6.93. The smallest absolute Gasteiger partial charge is 0.246 e. The molecule has 6 nitrogen and oxygen atoms in total. The number of rotatable bonds is 5. The van der Waals surface area contributed by atoms with Crippen molar-refractivity contribution in [2.75, 3.05) is 18.0 Å². The summed E-state index contributed by atoms with van der Waals surface area (Å²) < 4.78 is 1.99. The SMILES string of the molecule is CCc1nccn1CCC(=O)N1CC(=O)N(c2ccc(Cl)cc2)C[C@H]1C. The molecule has 26 heavy (non-hydrogen) atoms. The van der Waals surface area contributed by atoms with Gasteiger partial charge in [0.25, 0.3) is 0 Å². The molecule has 138 valence electrons. The van der Waals surface area contributed by atoms with Crippen LogP contribution >= 0.6 is 11.6 Å². The molecule has 2 heterocycles. The van der Waals surface area contributed by atoms with Crippen molar-refractivity contribution in [3.05, 3.63) is 47.5 Å². The van der Waals surface area contributed by atoms with Gasteiger partial charge in [0, 0.05) is 55.1 Å². The molecule has 7 heteroatoms. The van der Waals surface area contributed by atoms with Crippen LogP contribution < -0.4 is 4.90 Å². The Kier molecular flexibility index (Phi) is 5.61. The van der Waals surface area contributed by atoms with Gasteiger partial charge in [0.2, 0.25) is 11.8 Å². The number of hydrogen-bond donors (Lipinski definition) is 0. The van der Waals surface area contributed by atoms with Gasteiger partial charge in [-0.25, -0.2) is 4.98 Å². The average Bonchev–Trinajstić information content (AvgIpc) is 3.09. The number of carbonyl (C=O) groups is 2. The van der Waals surface area contributed by atoms with Crippen LogP contribution in [0.4, 0.5) is 5.69 Å². The van der Waals surface area contributed by atoms with Crippen molar-refractivity contribution < 1.29 is 9.59 Å². The molecule has 0 unspecified atom stereocenters. The van der Waals surface area contributed by atoms with Gasteiger partial charge in [-0.05, 0) is 31.2 Å². The lowest BCUT2D eigenvalue weighted by atomic mass is 10.1. The van der Waals surface area contributed by atoms with E-state index >= 15 is 0 Å². The Morgan fingerprint density at radius 1 is 1.31 bits per heavy atom. The maximum atomic E-state index is 12.6. The summed E-state index contributed by atoms with van der Waals surface area (Å²) in [7, 11) is 0. The molecule has 0 spiro atoms. The normalized spacial score (nSPS) is 17.7. The van der Waals surface area contributed by atoms with E-state index in [0.717, 1.165) is 17.9 Å². The maximum absolute atomic E-state index is 12.6. The number of aryl methyl sites for hydroxylation is 2. The molecule has 0 aliphatic carbocycles. The number of amides is 2. The second-order valence-electron chi connectivity index (χ2n) is 6.49. The van der Waals surface area contributed by atoms with Crippen molar-refractivity contribution in [3.8, 4) is 0 Å². The van der Waals surface area contributed by atoms with Crippen LogP contribution in [-0.2, 0) is 22.6 Å². The number of carbonyl (C=O) groups excluding carboxylic acids is 2. The first kappa shape index (κ1) is 18.5. The average molecular weight is 375 g/mol. The molecule has 2 aromatic rings. The summed E-state index contributed by atoms with van der Waals surface area (Å²) >= 11 is 5.92. The monoisotopic (exact) mass is 374 g/mol. The minimum absolute atomic E-state index is 0.00245. The Hall–Kier alpha value is -2.34. The van der Waals surface area contributed by atoms with Gasteiger partial charge in [-0.3, -0.25) is 9.59 Å². The van der Waals surface area contributed by atoms with Gasteiger partial charge in [0.1, 0.15) is 12.4 Å². The van der Waals surface area contributed by atoms with Gasteiger partial charge >= 0.3 is 0 Å². The first-order chi connectivity index (χ1) is 12.5. The zero-order chi connectivity index (χ0) is 18.7. The molecule has 1 saturated heterocycles. The Labute approximate surface area is 158 Å². The van der Waals surface area contributed by atoms with Crippen molar-refractivity contribution in [2.24, 2.45) is 0 Å². The highest BCUT2D eigenvalue weighted by Crippen LogP contribution is 2.22. The Morgan fingerprint density at radius 3 is 2.73 bits per heavy atom. The third-order valence-corrected chi connectivity index (χ3v) is 4.98. The number of aromatic nitrogens is 2. The number of imidazole rings is 1. The summed E-state index contributed by atoms with van der Waals surface area (Å²) in [6.07, 6.45) is 4.83. The van der Waals surface area contributed by atoms with E-state index < -0.39 is 0 Å². The van der Waals surface area contributed by atoms with Gasteiger partial charge in [-0.1, -0.05) is 18.5 Å². The van der Waals surface area contributed by atoms with E-state index in [1.54, 1.807) is 28.1 Å². The summed E-state index contributed by atoms with van der Waals surface area (Å²) in [5.41, 5.74) is 0.810. The molecule has 1 aromatic heterocycles. The van der Waals surface area contributed by atoms with Crippen LogP contribution in [0.2, 0.25) is 5.02 Å². The summed E-state index contributed by atoms with van der Waals surface area (Å²) in [5.74, 6) is 0.891. The minimum Gasteiger partial charge on any atom is -0.334 e. The molecular formula is C19H23ClN4O2. The van der Waals surface area contributed by atoms with Gasteiger partial charge in [-0.2, -0.15) is 0 Å². The number of nitrogens with zero attached hydrogens (tertiary/aromatic N) is 4. The number of anilines is 1. The fraction of sp³-hybridized carbons (Fsp3) is 0.421. The van der Waals surface area contributed by atoms with E-state index in [9.17, 15) is 9.59 Å². The van der Waals surface area contributed by atoms with Crippen LogP contribution in [0.5, 0.6) is 0 Å². The summed E-state index contributed by atoms with van der Waals surface area (Å²) in [6, 6.07) is 7.15. The van der Waals surface area contributed by atoms with E-state index in [4.69, 9.17) is 11.6 Å². The van der Waals surface area contributed by atoms with Crippen LogP contribution in [-0.4, -0.2) is 45.4 Å². The molecule has 0 saturated carbocycles. The predicted molar refractivity (Wildman–Crippen MR) is 101 cm³/mol. The van der Waals surface area contributed by atoms with Crippen LogP contribution in [0.25, 0.3) is 0 Å². The fourth-order valence-electron chi connectivity index (χ4n) is 3.27. The fourth-order valence-corrected chi connectivity index (χ4v) is 3.40. The zero-order valence-electron chi connectivity index (χ0n) is 15.1. The van der Waals surface area contributed by atoms with Crippen molar-refractivity contribution in [3.63, 3.8) is 0 Å². The summed E-state index contributed by atoms with van der Waals surface area (Å²) in [6.45, 7) is 5.18. The number of hydrogen-bond acceptors (Lipinski definition) is 3. The largest absolute Gasteiger partial charge is 0.334 e. The molecule has 1 fully saturated rings. The van der Waals surface area contributed by atoms with Gasteiger partial charge in [0.05, 0.1) is 0 Å². The second kappa shape index (κ2) is 7.91. The summed E-state index contributed by atoms with van der Waals surface area (Å²) in [4.78, 5) is 32.9. The third kappa shape index (κ3) is 3.90. The molecule has 1 aliphatic rings. The molecule has 1 atom stereocenters. The molecule has 3 rings (SSSR count). The maximum Gasteiger partial charge on any atom is 0.246 e. The predicted octanol–water partition coefficient (Wildman–Crippen LogP) is 2.75. The lowest BCUT2D eigenvalue weighted by Crippen LogP contribution is -2.57. The van der Waals surface area contributed by atoms with E-state index in [1.807, 2.05) is 36.7 Å². The Morgan fingerprint density at radius 2 is 2.04 bits per heavy atom. The first-order valence-corrected chi connectivity index (χ1v) is 9.22. The highest BCUT2D eigenvalue weighted by molar-refractivity contribution is 6.30. The molecule has 2 amide bonds. The van der Waals surface area contributed by atoms with Crippen LogP contribution in [0.1, 0.15) is 26.1 Å². The third-order valence-electron chi connectivity index (χ3n) is 4.73. The first-order valence-electron chi connectivity index (χ1n) is 8.85. The van der Waals surface area contributed by atoms with Gasteiger partial charge in [0.15, 0.2) is 0 Å². The van der Waals surface area contributed by atoms with Crippen molar-refractivity contribution in [2.45, 2.75) is 39.3 Å². The van der Waals surface area contributed by atoms with Gasteiger partial charge in [-0.15, -0.1) is 0 Å². The highest BCUT2D eigenvalue weighted by Gasteiger charge is 2.32. The molecular weight excluding hydrogens is 352 g/mol. The topological polar surface area (TPSA) is 58.4 Å². The molecule has 0 bridgehead atoms. The van der Waals surface area contributed by atoms with E-state index in [0.29, 0.717) is 24.5 Å². The van der Waals surface area contributed by atoms with Crippen molar-refractivity contribution >= 4 is 29.1 Å². The number of halogens is 1. The Bertz CT molecular complexity index is 787. The zero-order valence-corrected chi connectivity index (χ0v) is 15.8. The van der Waals surface area contributed by atoms with Gasteiger partial charge < -0.3 is 14.4 Å². The van der Waals surface area contributed by atoms with E-state index in [1.165, 1.54) is 0 Å². The molecule has 1 aromatic carbocycles. The lowest BCUT2D eigenvalue weighted by Gasteiger charge is -2.39. The Balaban J connectivity index is 1.62. The molecule has 0 N–H and O–H groups in total. The quantitative estimate of drug-likeness (QED) is 0.808. The highest BCUT2D eigenvalue weighted by atomic mass is 35.5. The molecule has 1 aliphatic heterocycles. The van der Waals surface area contributed by atoms with Crippen molar-refractivity contribution in [1.29, 1.82) is 0 Å². The molecule has 0 radical (unpaired) electrons. The van der Waals surface area contributed by atoms with Crippen LogP contribution in [0.15, 0.2) is 36.7 Å². The minimum atomic E-state index is -0.0735. The number of piperazine rings is 1. The van der Waals surface area contributed by atoms with E-state index in [2.05, 4.69) is 4.98 Å². The van der Waals surface area contributed by atoms with Crippen molar-refractivity contribution in [1.82, 2.24) is 14.5 Å². The van der Waals surface area contributed by atoms with E-state index in [-0.39, 0.29) is 24.4 Å². The summed E-state index contributed by atoms with van der Waals surface area (Å²) in [5, 5.41) is 0.633. The lowest BCUT2D eigenvalue weighted by molar-refractivity contribution is -0.139. The standard InChI is InChI=1S/C19H23ClN4O2/c1-3-17-21-9-11-22(17)10-8-18(25)23-13-19(26)24(12-14(23)2)16-6-4-15(20)5-7-16/h4-7,9,11,14H,3,8,10,12-13H2,1-2H3/t14-/m1/s1. The van der Waals surface area contributed by atoms with Crippen LogP contribution in [0, 0.1) is 0 Å². The number of benzene rings is 1.